The molecular weight excluding hydrogens is 417 g/mol. The minimum atomic E-state index is -4.17. The highest BCUT2D eigenvalue weighted by Gasteiger charge is 2.54. The van der Waals surface area contributed by atoms with E-state index in [1.807, 2.05) is 11.8 Å². The van der Waals surface area contributed by atoms with E-state index in [0.717, 1.165) is 30.0 Å². The molecule has 3 fully saturated rings. The van der Waals surface area contributed by atoms with Gasteiger partial charge < -0.3 is 0 Å². The summed E-state index contributed by atoms with van der Waals surface area (Å²) in [5, 5.41) is 0.413. The van der Waals surface area contributed by atoms with Crippen molar-refractivity contribution < 1.29 is 23.0 Å². The molecule has 0 aromatic carbocycles. The van der Waals surface area contributed by atoms with Gasteiger partial charge in [0.25, 0.3) is 5.84 Å². The molecule has 25 heavy (non-hydrogen) atoms. The van der Waals surface area contributed by atoms with Gasteiger partial charge in [-0.15, -0.1) is 0 Å². The first-order valence-corrected chi connectivity index (χ1v) is 10.8. The molecule has 1 saturated carbocycles. The van der Waals surface area contributed by atoms with Crippen LogP contribution in [-0.2, 0) is 4.79 Å². The van der Waals surface area contributed by atoms with Crippen molar-refractivity contribution in [2.75, 3.05) is 12.3 Å². The molecule has 1 N–H and O–H groups in total. The number of nitrogens with one attached hydrogen (secondary N) is 1. The third kappa shape index (κ3) is 3.40. The molecule has 2 saturated heterocycles. The van der Waals surface area contributed by atoms with Crippen LogP contribution in [-0.4, -0.2) is 51.2 Å². The first kappa shape index (κ1) is 17.9. The van der Waals surface area contributed by atoms with Gasteiger partial charge in [0, 0.05) is 27.8 Å². The second kappa shape index (κ2) is 6.59. The van der Waals surface area contributed by atoms with Crippen molar-refractivity contribution in [1.29, 1.82) is 0 Å². The zero-order valence-electron chi connectivity index (χ0n) is 13.7. The molecule has 0 aromatic rings. The van der Waals surface area contributed by atoms with E-state index < -0.39 is 12.1 Å². The fourth-order valence-corrected chi connectivity index (χ4v) is 6.77. The van der Waals surface area contributed by atoms with E-state index in [4.69, 9.17) is 0 Å². The van der Waals surface area contributed by atoms with Crippen LogP contribution >= 0.6 is 27.7 Å². The van der Waals surface area contributed by atoms with Gasteiger partial charge in [-0.2, -0.15) is 29.8 Å². The lowest BCUT2D eigenvalue weighted by Gasteiger charge is -2.35. The van der Waals surface area contributed by atoms with Gasteiger partial charge in [-0.05, 0) is 25.7 Å². The van der Waals surface area contributed by atoms with Gasteiger partial charge in [-0.25, -0.2) is 4.79 Å². The first-order valence-electron chi connectivity index (χ1n) is 8.81. The molecule has 138 valence electrons. The molecule has 3 nitrogen and oxygen atoms in total. The molecule has 4 rings (SSSR count). The van der Waals surface area contributed by atoms with Gasteiger partial charge in [-0.1, -0.05) is 22.0 Å². The van der Waals surface area contributed by atoms with E-state index in [0.29, 0.717) is 23.0 Å². The monoisotopic (exact) mass is 437 g/mol. The second-order valence-corrected chi connectivity index (χ2v) is 9.96. The van der Waals surface area contributed by atoms with Crippen molar-refractivity contribution in [3.63, 3.8) is 0 Å². The molecule has 1 amide bonds. The molecule has 1 aliphatic carbocycles. The first-order chi connectivity index (χ1) is 11.8. The maximum absolute atomic E-state index is 13.1. The summed E-state index contributed by atoms with van der Waals surface area (Å²) >= 11 is 5.52. The summed E-state index contributed by atoms with van der Waals surface area (Å²) in [4.78, 5) is 18.4. The number of alkyl halides is 4. The van der Waals surface area contributed by atoms with Crippen LogP contribution in [0.5, 0.6) is 0 Å². The Kier molecular flexibility index (Phi) is 4.71. The second-order valence-electron chi connectivity index (χ2n) is 7.39. The van der Waals surface area contributed by atoms with Crippen LogP contribution in [0.4, 0.5) is 13.2 Å². The zero-order chi connectivity index (χ0) is 17.8. The molecule has 0 spiro atoms. The molecule has 0 radical (unpaired) electrons. The highest BCUT2D eigenvalue weighted by atomic mass is 79.9. The van der Waals surface area contributed by atoms with Gasteiger partial charge in [0.05, 0.1) is 12.5 Å². The lowest BCUT2D eigenvalue weighted by molar-refractivity contribution is -0.527. The largest absolute Gasteiger partial charge is 0.391 e. The number of fused-ring (bicyclic) bond motifs is 2. The van der Waals surface area contributed by atoms with Gasteiger partial charge in [0.2, 0.25) is 0 Å². The molecule has 0 bridgehead atoms. The van der Waals surface area contributed by atoms with E-state index in [-0.39, 0.29) is 30.7 Å². The number of halogens is 4. The number of carbonyl (C=O) groups excluding carboxylic acids is 1. The highest BCUT2D eigenvalue weighted by Crippen LogP contribution is 2.40. The average Bonchev–Trinajstić information content (AvgIpc) is 3.13. The van der Waals surface area contributed by atoms with Crippen LogP contribution < -0.4 is 4.99 Å². The molecule has 3 aliphatic heterocycles. The quantitative estimate of drug-likeness (QED) is 0.638. The average molecular weight is 438 g/mol. The number of amides is 1. The van der Waals surface area contributed by atoms with E-state index in [1.54, 1.807) is 4.90 Å². The van der Waals surface area contributed by atoms with E-state index in [2.05, 4.69) is 27.0 Å². The van der Waals surface area contributed by atoms with Gasteiger partial charge in [0.1, 0.15) is 12.0 Å². The molecule has 4 aliphatic rings. The predicted octanol–water partition coefficient (Wildman–Crippen LogP) is 2.25. The molecular formula is C17H21BrF3N2OS+. The lowest BCUT2D eigenvalue weighted by atomic mass is 9.76. The third-order valence-electron chi connectivity index (χ3n) is 5.76. The fourth-order valence-electron chi connectivity index (χ4n) is 4.44. The van der Waals surface area contributed by atoms with Crippen LogP contribution in [0.15, 0.2) is 11.6 Å². The molecule has 8 heteroatoms. The van der Waals surface area contributed by atoms with Crippen LogP contribution in [0.2, 0.25) is 0 Å². The summed E-state index contributed by atoms with van der Waals surface area (Å²) in [7, 11) is 0. The SMILES string of the molecule is O=C1C2CCC(C(F)(F)F)CC2[NH+]=C2/C(=C/C3CC(Br)CS3)CCN12. The van der Waals surface area contributed by atoms with Crippen LogP contribution in [0.3, 0.4) is 0 Å². The predicted molar refractivity (Wildman–Crippen MR) is 94.6 cm³/mol. The Labute approximate surface area is 157 Å². The van der Waals surface area contributed by atoms with Crippen molar-refractivity contribution in [3.8, 4) is 0 Å². The Morgan fingerprint density at radius 3 is 2.76 bits per heavy atom. The minimum absolute atomic E-state index is 0.00613. The maximum Gasteiger partial charge on any atom is 0.391 e. The fraction of sp³-hybridized carbons (Fsp3) is 0.765. The number of thioether (sulfide) groups is 1. The van der Waals surface area contributed by atoms with Crippen molar-refractivity contribution in [2.24, 2.45) is 11.8 Å². The van der Waals surface area contributed by atoms with Gasteiger partial charge in [-0.3, -0.25) is 4.99 Å². The van der Waals surface area contributed by atoms with Crippen molar-refractivity contribution in [2.45, 2.75) is 54.4 Å². The summed E-state index contributed by atoms with van der Waals surface area (Å²) in [6.07, 6.45) is 0.287. The standard InChI is InChI=1S/C17H20BrF3N2OS/c18-11-7-12(25-8-11)5-9-3-4-23-15(9)22-14-6-10(17(19,20)21)1-2-13(14)16(23)24/h5,10-14H,1-4,6-8H2/p+1/b9-5+. The van der Waals surface area contributed by atoms with Crippen molar-refractivity contribution >= 4 is 39.4 Å². The highest BCUT2D eigenvalue weighted by molar-refractivity contribution is 9.09. The van der Waals surface area contributed by atoms with Crippen LogP contribution in [0.25, 0.3) is 0 Å². The number of carbonyl (C=O) groups is 1. The number of rotatable bonds is 1. The Morgan fingerprint density at radius 1 is 1.28 bits per heavy atom. The van der Waals surface area contributed by atoms with Crippen LogP contribution in [0.1, 0.15) is 32.1 Å². The number of hydrogen-bond donors (Lipinski definition) is 1. The number of hydrogen-bond acceptors (Lipinski definition) is 2. The summed E-state index contributed by atoms with van der Waals surface area (Å²) in [5.74, 6) is 0.245. The van der Waals surface area contributed by atoms with Crippen LogP contribution in [0, 0.1) is 11.8 Å². The Morgan fingerprint density at radius 2 is 2.08 bits per heavy atom. The summed E-state index contributed by atoms with van der Waals surface area (Å²) < 4.78 is 39.3. The van der Waals surface area contributed by atoms with Gasteiger partial charge in [0.15, 0.2) is 0 Å². The Hall–Kier alpha value is -0.500. The summed E-state index contributed by atoms with van der Waals surface area (Å²) in [6, 6.07) is -0.388. The van der Waals surface area contributed by atoms with E-state index in [1.165, 1.54) is 0 Å². The molecule has 3 heterocycles. The molecule has 5 atom stereocenters. The van der Waals surface area contributed by atoms with E-state index >= 15 is 0 Å². The van der Waals surface area contributed by atoms with Crippen molar-refractivity contribution in [3.05, 3.63) is 11.6 Å². The zero-order valence-corrected chi connectivity index (χ0v) is 16.1. The normalized spacial score (nSPS) is 40.2. The number of amidine groups is 1. The Bertz CT molecular complexity index is 636. The lowest BCUT2D eigenvalue weighted by Crippen LogP contribution is -2.88. The molecule has 0 aromatic heterocycles. The molecule has 5 unspecified atom stereocenters. The minimum Gasteiger partial charge on any atom is -0.270 e. The summed E-state index contributed by atoms with van der Waals surface area (Å²) in [5.41, 5.74) is 1.10. The topological polar surface area (TPSA) is 34.3 Å². The maximum atomic E-state index is 13.1. The Balaban J connectivity index is 1.58. The van der Waals surface area contributed by atoms with Crippen molar-refractivity contribution in [1.82, 2.24) is 4.90 Å². The third-order valence-corrected chi connectivity index (χ3v) is 8.24. The van der Waals surface area contributed by atoms with E-state index in [9.17, 15) is 18.0 Å². The van der Waals surface area contributed by atoms with Gasteiger partial charge >= 0.3 is 12.1 Å². The summed E-state index contributed by atoms with van der Waals surface area (Å²) in [6.45, 7) is 0.647. The smallest absolute Gasteiger partial charge is 0.270 e. The number of nitrogens with zero attached hydrogens (tertiary/aromatic N) is 1.